The van der Waals surface area contributed by atoms with Gasteiger partial charge in [-0.3, -0.25) is 14.8 Å². The fourth-order valence-electron chi connectivity index (χ4n) is 2.15. The number of pyridine rings is 1. The molecule has 0 aliphatic heterocycles. The molecule has 6 nitrogen and oxygen atoms in total. The Morgan fingerprint density at radius 3 is 2.46 bits per heavy atom. The van der Waals surface area contributed by atoms with Crippen LogP contribution in [0.3, 0.4) is 0 Å². The second kappa shape index (κ2) is 7.32. The fourth-order valence-corrected chi connectivity index (χ4v) is 2.15. The molecule has 0 spiro atoms. The van der Waals surface area contributed by atoms with Crippen LogP contribution in [0.2, 0.25) is 0 Å². The highest BCUT2D eigenvalue weighted by Gasteiger charge is 2.05. The van der Waals surface area contributed by atoms with Crippen molar-refractivity contribution in [3.63, 3.8) is 0 Å². The molecule has 3 aromatic rings. The van der Waals surface area contributed by atoms with Crippen LogP contribution in [0, 0.1) is 6.92 Å². The molecule has 0 bridgehead atoms. The molecule has 120 valence electrons. The lowest BCUT2D eigenvalue weighted by Crippen LogP contribution is -2.11. The van der Waals surface area contributed by atoms with Crippen molar-refractivity contribution < 1.29 is 4.79 Å². The largest absolute Gasteiger partial charge is 0.365 e. The van der Waals surface area contributed by atoms with Crippen molar-refractivity contribution in [2.75, 3.05) is 10.6 Å². The van der Waals surface area contributed by atoms with E-state index in [4.69, 9.17) is 0 Å². The normalized spacial score (nSPS) is 10.2. The van der Waals surface area contributed by atoms with Crippen molar-refractivity contribution in [1.29, 1.82) is 0 Å². The van der Waals surface area contributed by atoms with Crippen molar-refractivity contribution in [2.24, 2.45) is 0 Å². The summed E-state index contributed by atoms with van der Waals surface area (Å²) in [4.78, 5) is 24.4. The minimum Gasteiger partial charge on any atom is -0.365 e. The van der Waals surface area contributed by atoms with Gasteiger partial charge in [0, 0.05) is 36.4 Å². The van der Waals surface area contributed by atoms with Crippen molar-refractivity contribution >= 4 is 17.4 Å². The molecule has 2 aromatic heterocycles. The Kier molecular flexibility index (Phi) is 4.76. The van der Waals surface area contributed by atoms with Crippen LogP contribution in [0.15, 0.2) is 61.2 Å². The van der Waals surface area contributed by atoms with Gasteiger partial charge < -0.3 is 10.6 Å². The molecule has 0 aliphatic carbocycles. The van der Waals surface area contributed by atoms with Crippen LogP contribution in [0.25, 0.3) is 0 Å². The number of aromatic nitrogens is 3. The Bertz CT molecular complexity index is 818. The Balaban J connectivity index is 1.58. The zero-order valence-electron chi connectivity index (χ0n) is 13.2. The van der Waals surface area contributed by atoms with Gasteiger partial charge in [-0.15, -0.1) is 0 Å². The average Bonchev–Trinajstić information content (AvgIpc) is 2.62. The summed E-state index contributed by atoms with van der Waals surface area (Å²) in [5.41, 5.74) is 3.28. The molecule has 0 atom stereocenters. The molecule has 0 saturated heterocycles. The molecule has 0 radical (unpaired) electrons. The monoisotopic (exact) mass is 319 g/mol. The Morgan fingerprint density at radius 2 is 1.75 bits per heavy atom. The Morgan fingerprint density at radius 1 is 1.00 bits per heavy atom. The van der Waals surface area contributed by atoms with Gasteiger partial charge in [0.1, 0.15) is 5.82 Å². The van der Waals surface area contributed by atoms with Gasteiger partial charge in [-0.05, 0) is 36.8 Å². The number of amides is 1. The summed E-state index contributed by atoms with van der Waals surface area (Å²) in [6.45, 7) is 2.54. The molecule has 0 unspecified atom stereocenters. The summed E-state index contributed by atoms with van der Waals surface area (Å²) in [5.74, 6) is 0.586. The molecule has 2 heterocycles. The van der Waals surface area contributed by atoms with E-state index in [1.54, 1.807) is 36.9 Å². The van der Waals surface area contributed by atoms with E-state index in [0.717, 1.165) is 22.8 Å². The molecule has 3 rings (SSSR count). The fraction of sp³-hybridized carbons (Fsp3) is 0.111. The van der Waals surface area contributed by atoms with Gasteiger partial charge in [0.2, 0.25) is 0 Å². The number of hydrogen-bond acceptors (Lipinski definition) is 5. The maximum Gasteiger partial charge on any atom is 0.255 e. The molecule has 0 saturated carbocycles. The second-order valence-corrected chi connectivity index (χ2v) is 5.29. The van der Waals surface area contributed by atoms with Crippen LogP contribution in [-0.2, 0) is 6.54 Å². The average molecular weight is 319 g/mol. The first kappa shape index (κ1) is 15.6. The van der Waals surface area contributed by atoms with Crippen LogP contribution < -0.4 is 10.6 Å². The van der Waals surface area contributed by atoms with E-state index in [9.17, 15) is 4.79 Å². The molecule has 0 aliphatic rings. The highest BCUT2D eigenvalue weighted by molar-refractivity contribution is 6.04. The number of anilines is 2. The number of benzene rings is 1. The van der Waals surface area contributed by atoms with Crippen LogP contribution in [0.4, 0.5) is 11.5 Å². The number of hydrogen-bond donors (Lipinski definition) is 2. The molecule has 1 aromatic carbocycles. The van der Waals surface area contributed by atoms with Crippen molar-refractivity contribution in [3.8, 4) is 0 Å². The van der Waals surface area contributed by atoms with Crippen molar-refractivity contribution in [1.82, 2.24) is 15.0 Å². The molecule has 0 fully saturated rings. The number of aryl methyl sites for hydroxylation is 1. The number of nitrogens with zero attached hydrogens (tertiary/aromatic N) is 3. The molecular formula is C18H17N5O. The zero-order chi connectivity index (χ0) is 16.8. The van der Waals surface area contributed by atoms with Gasteiger partial charge in [-0.2, -0.15) is 0 Å². The number of nitrogens with one attached hydrogen (secondary N) is 2. The number of carbonyl (C=O) groups excluding carboxylic acids is 1. The van der Waals surface area contributed by atoms with Gasteiger partial charge in [0.25, 0.3) is 5.91 Å². The van der Waals surface area contributed by atoms with Gasteiger partial charge in [-0.25, -0.2) is 4.98 Å². The minimum absolute atomic E-state index is 0.154. The van der Waals surface area contributed by atoms with E-state index in [-0.39, 0.29) is 5.91 Å². The smallest absolute Gasteiger partial charge is 0.255 e. The third kappa shape index (κ3) is 4.13. The summed E-state index contributed by atoms with van der Waals surface area (Å²) >= 11 is 0. The lowest BCUT2D eigenvalue weighted by molar-refractivity contribution is 0.102. The summed E-state index contributed by atoms with van der Waals surface area (Å²) in [6.07, 6.45) is 6.59. The zero-order valence-corrected chi connectivity index (χ0v) is 13.2. The van der Waals surface area contributed by atoms with Crippen molar-refractivity contribution in [2.45, 2.75) is 13.5 Å². The molecule has 24 heavy (non-hydrogen) atoms. The Labute approximate surface area is 140 Å². The van der Waals surface area contributed by atoms with E-state index in [1.165, 1.54) is 0 Å². The van der Waals surface area contributed by atoms with E-state index in [2.05, 4.69) is 25.6 Å². The summed E-state index contributed by atoms with van der Waals surface area (Å²) in [6, 6.07) is 11.0. The van der Waals surface area contributed by atoms with Gasteiger partial charge in [0.05, 0.1) is 11.9 Å². The standard InChI is InChI=1S/C18H17N5O/c1-13-10-20-12-17(22-13)21-11-14-2-4-16(5-3-14)23-18(24)15-6-8-19-9-7-15/h2-10,12H,11H2,1H3,(H,21,22)(H,23,24). The third-order valence-electron chi connectivity index (χ3n) is 3.38. The first-order valence-corrected chi connectivity index (χ1v) is 7.53. The van der Waals surface area contributed by atoms with Gasteiger partial charge in [0.15, 0.2) is 0 Å². The van der Waals surface area contributed by atoms with E-state index < -0.39 is 0 Å². The van der Waals surface area contributed by atoms with Crippen LogP contribution in [0.5, 0.6) is 0 Å². The lowest BCUT2D eigenvalue weighted by atomic mass is 10.2. The molecule has 1 amide bonds. The second-order valence-electron chi connectivity index (χ2n) is 5.29. The van der Waals surface area contributed by atoms with E-state index >= 15 is 0 Å². The first-order chi connectivity index (χ1) is 11.7. The summed E-state index contributed by atoms with van der Waals surface area (Å²) in [5, 5.41) is 6.08. The SMILES string of the molecule is Cc1cncc(NCc2ccc(NC(=O)c3ccncc3)cc2)n1. The Hall–Kier alpha value is -3.28. The van der Waals surface area contributed by atoms with Crippen molar-refractivity contribution in [3.05, 3.63) is 78.0 Å². The van der Waals surface area contributed by atoms with Crippen LogP contribution in [-0.4, -0.2) is 20.9 Å². The first-order valence-electron chi connectivity index (χ1n) is 7.53. The highest BCUT2D eigenvalue weighted by atomic mass is 16.1. The van der Waals surface area contributed by atoms with E-state index in [1.807, 2.05) is 31.2 Å². The molecule has 6 heteroatoms. The lowest BCUT2D eigenvalue weighted by Gasteiger charge is -2.08. The maximum atomic E-state index is 12.1. The number of rotatable bonds is 5. The van der Waals surface area contributed by atoms with Crippen LogP contribution in [0.1, 0.15) is 21.6 Å². The highest BCUT2D eigenvalue weighted by Crippen LogP contribution is 2.12. The topological polar surface area (TPSA) is 79.8 Å². The van der Waals surface area contributed by atoms with Gasteiger partial charge >= 0.3 is 0 Å². The van der Waals surface area contributed by atoms with Gasteiger partial charge in [-0.1, -0.05) is 12.1 Å². The quantitative estimate of drug-likeness (QED) is 0.755. The summed E-state index contributed by atoms with van der Waals surface area (Å²) < 4.78 is 0. The predicted octanol–water partition coefficient (Wildman–Crippen LogP) is 3.04. The minimum atomic E-state index is -0.154. The maximum absolute atomic E-state index is 12.1. The number of carbonyl (C=O) groups is 1. The van der Waals surface area contributed by atoms with E-state index in [0.29, 0.717) is 12.1 Å². The van der Waals surface area contributed by atoms with Crippen LogP contribution >= 0.6 is 0 Å². The third-order valence-corrected chi connectivity index (χ3v) is 3.38. The molecule has 2 N–H and O–H groups in total. The summed E-state index contributed by atoms with van der Waals surface area (Å²) in [7, 11) is 0. The predicted molar refractivity (Wildman–Crippen MR) is 92.7 cm³/mol. The molecular weight excluding hydrogens is 302 g/mol.